The van der Waals surface area contributed by atoms with E-state index in [2.05, 4.69) is 4.99 Å². The fourth-order valence-corrected chi connectivity index (χ4v) is 4.18. The number of hydrogen-bond donors (Lipinski definition) is 1. The standard InChI is InChI=1S/C23H31N3O3/c1-23(2)15-20(27)19(21(28)16-23)17-24-8-9-25-10-12-26(13-11-25)22(29)14-18-6-4-3-5-7-18/h3-7,17,19H,8-16H2,1-2H3/p+1. The zero-order valence-corrected chi connectivity index (χ0v) is 17.5. The van der Waals surface area contributed by atoms with E-state index in [0.29, 0.717) is 25.8 Å². The van der Waals surface area contributed by atoms with Crippen LogP contribution in [-0.2, 0) is 20.8 Å². The number of rotatable bonds is 6. The van der Waals surface area contributed by atoms with Gasteiger partial charge in [-0.05, 0) is 11.0 Å². The number of Topliss-reactive ketones (excluding diaryl/α,β-unsaturated/α-hetero) is 2. The molecule has 0 unspecified atom stereocenters. The predicted molar refractivity (Wildman–Crippen MR) is 112 cm³/mol. The maximum absolute atomic E-state index is 12.4. The van der Waals surface area contributed by atoms with E-state index in [1.54, 1.807) is 6.21 Å². The summed E-state index contributed by atoms with van der Waals surface area (Å²) in [7, 11) is 0. The number of hydrogen-bond acceptors (Lipinski definition) is 4. The summed E-state index contributed by atoms with van der Waals surface area (Å²) >= 11 is 0. The predicted octanol–water partition coefficient (Wildman–Crippen LogP) is 0.601. The van der Waals surface area contributed by atoms with Gasteiger partial charge in [-0.25, -0.2) is 0 Å². The maximum atomic E-state index is 12.4. The molecule has 1 aliphatic carbocycles. The Labute approximate surface area is 173 Å². The Balaban J connectivity index is 1.38. The van der Waals surface area contributed by atoms with Gasteiger partial charge in [0.25, 0.3) is 0 Å². The Bertz CT molecular complexity index is 745. The Morgan fingerprint density at radius 3 is 2.38 bits per heavy atom. The summed E-state index contributed by atoms with van der Waals surface area (Å²) in [6.07, 6.45) is 2.92. The molecule has 2 aliphatic rings. The van der Waals surface area contributed by atoms with Crippen LogP contribution in [-0.4, -0.2) is 67.9 Å². The molecule has 156 valence electrons. The highest BCUT2D eigenvalue weighted by Crippen LogP contribution is 2.33. The lowest BCUT2D eigenvalue weighted by Gasteiger charge is -2.32. The number of carbonyl (C=O) groups excluding carboxylic acids is 3. The molecule has 1 aliphatic heterocycles. The number of piperazine rings is 1. The Morgan fingerprint density at radius 1 is 1.14 bits per heavy atom. The van der Waals surface area contributed by atoms with E-state index in [4.69, 9.17) is 0 Å². The first-order chi connectivity index (χ1) is 13.8. The van der Waals surface area contributed by atoms with Gasteiger partial charge in [-0.15, -0.1) is 0 Å². The largest absolute Gasteiger partial charge is 0.331 e. The highest BCUT2D eigenvalue weighted by molar-refractivity contribution is 6.16. The van der Waals surface area contributed by atoms with Crippen LogP contribution in [0.5, 0.6) is 0 Å². The summed E-state index contributed by atoms with van der Waals surface area (Å²) < 4.78 is 0. The van der Waals surface area contributed by atoms with E-state index in [-0.39, 0.29) is 22.9 Å². The summed E-state index contributed by atoms with van der Waals surface area (Å²) in [6.45, 7) is 8.73. The molecule has 0 spiro atoms. The smallest absolute Gasteiger partial charge is 0.227 e. The van der Waals surface area contributed by atoms with E-state index < -0.39 is 5.92 Å². The average molecular weight is 399 g/mol. The molecule has 0 aromatic heterocycles. The van der Waals surface area contributed by atoms with Crippen molar-refractivity contribution in [2.24, 2.45) is 16.3 Å². The lowest BCUT2D eigenvalue weighted by atomic mass is 9.72. The van der Waals surface area contributed by atoms with Crippen LogP contribution in [0.2, 0.25) is 0 Å². The third-order valence-corrected chi connectivity index (χ3v) is 5.87. The van der Waals surface area contributed by atoms with Crippen LogP contribution in [0, 0.1) is 11.3 Å². The monoisotopic (exact) mass is 398 g/mol. The number of amides is 1. The normalized spacial score (nSPS) is 21.1. The number of carbonyl (C=O) groups is 3. The molecule has 3 rings (SSSR count). The van der Waals surface area contributed by atoms with Gasteiger partial charge >= 0.3 is 0 Å². The van der Waals surface area contributed by atoms with Crippen molar-refractivity contribution in [3.8, 4) is 0 Å². The Hall–Kier alpha value is -2.34. The molecule has 0 atom stereocenters. The number of nitrogens with one attached hydrogen (secondary N) is 1. The molecule has 6 nitrogen and oxygen atoms in total. The zero-order valence-electron chi connectivity index (χ0n) is 17.5. The molecule has 1 saturated carbocycles. The second-order valence-electron chi connectivity index (χ2n) is 9.03. The summed E-state index contributed by atoms with van der Waals surface area (Å²) in [5, 5.41) is 0. The van der Waals surface area contributed by atoms with Crippen molar-refractivity contribution in [2.75, 3.05) is 39.3 Å². The van der Waals surface area contributed by atoms with Crippen molar-refractivity contribution in [1.82, 2.24) is 4.90 Å². The van der Waals surface area contributed by atoms with E-state index in [0.717, 1.165) is 38.3 Å². The van der Waals surface area contributed by atoms with E-state index in [1.807, 2.05) is 49.1 Å². The van der Waals surface area contributed by atoms with Crippen molar-refractivity contribution < 1.29 is 19.3 Å². The van der Waals surface area contributed by atoms with Crippen LogP contribution in [0.15, 0.2) is 35.3 Å². The molecule has 1 heterocycles. The van der Waals surface area contributed by atoms with Crippen molar-refractivity contribution in [3.05, 3.63) is 35.9 Å². The lowest BCUT2D eigenvalue weighted by molar-refractivity contribution is -0.902. The topological polar surface area (TPSA) is 71.2 Å². The van der Waals surface area contributed by atoms with Crippen LogP contribution in [0.25, 0.3) is 0 Å². The molecule has 29 heavy (non-hydrogen) atoms. The first kappa shape index (κ1) is 21.4. The molecule has 2 fully saturated rings. The van der Waals surface area contributed by atoms with Crippen LogP contribution in [0.4, 0.5) is 0 Å². The molecule has 1 amide bonds. The highest BCUT2D eigenvalue weighted by Gasteiger charge is 2.38. The minimum absolute atomic E-state index is 0.00658. The molecule has 1 N–H and O–H groups in total. The first-order valence-electron chi connectivity index (χ1n) is 10.5. The van der Waals surface area contributed by atoms with E-state index >= 15 is 0 Å². The number of nitrogens with zero attached hydrogens (tertiary/aromatic N) is 2. The minimum Gasteiger partial charge on any atom is -0.331 e. The SMILES string of the molecule is CC1(C)CC(=O)C(C=NCC[NH+]2CCN(C(=O)Cc3ccccc3)CC2)C(=O)C1. The van der Waals surface area contributed by atoms with Crippen LogP contribution in [0.3, 0.4) is 0 Å². The van der Waals surface area contributed by atoms with Gasteiger partial charge in [-0.1, -0.05) is 44.2 Å². The summed E-state index contributed by atoms with van der Waals surface area (Å²) in [4.78, 5) is 44.6. The minimum atomic E-state index is -0.648. The third kappa shape index (κ3) is 6.07. The van der Waals surface area contributed by atoms with Crippen molar-refractivity contribution in [1.29, 1.82) is 0 Å². The van der Waals surface area contributed by atoms with Crippen LogP contribution >= 0.6 is 0 Å². The van der Waals surface area contributed by atoms with Gasteiger partial charge in [-0.2, -0.15) is 0 Å². The lowest BCUT2D eigenvalue weighted by Crippen LogP contribution is -3.15. The number of aliphatic imine (C=N–C) groups is 1. The fraction of sp³-hybridized carbons (Fsp3) is 0.565. The maximum Gasteiger partial charge on any atom is 0.227 e. The molecule has 0 bridgehead atoms. The van der Waals surface area contributed by atoms with E-state index in [9.17, 15) is 14.4 Å². The second kappa shape index (κ2) is 9.44. The molecule has 6 heteroatoms. The van der Waals surface area contributed by atoms with Gasteiger partial charge in [0, 0.05) is 19.1 Å². The summed E-state index contributed by atoms with van der Waals surface area (Å²) in [5.41, 5.74) is 0.831. The van der Waals surface area contributed by atoms with Gasteiger partial charge in [0.05, 0.1) is 45.7 Å². The molecular formula is C23H32N3O3+. The number of ketones is 2. The third-order valence-electron chi connectivity index (χ3n) is 5.87. The van der Waals surface area contributed by atoms with Crippen molar-refractivity contribution in [3.63, 3.8) is 0 Å². The average Bonchev–Trinajstić information content (AvgIpc) is 2.67. The summed E-state index contributed by atoms with van der Waals surface area (Å²) in [5.74, 6) is -0.475. The van der Waals surface area contributed by atoms with Crippen molar-refractivity contribution >= 4 is 23.7 Å². The molecular weight excluding hydrogens is 366 g/mol. The van der Waals surface area contributed by atoms with Crippen LogP contribution < -0.4 is 4.90 Å². The molecule has 0 radical (unpaired) electrons. The van der Waals surface area contributed by atoms with Gasteiger partial charge < -0.3 is 9.80 Å². The van der Waals surface area contributed by atoms with Crippen LogP contribution in [0.1, 0.15) is 32.3 Å². The van der Waals surface area contributed by atoms with Gasteiger partial charge in [0.1, 0.15) is 17.5 Å². The van der Waals surface area contributed by atoms with Crippen molar-refractivity contribution in [2.45, 2.75) is 33.1 Å². The van der Waals surface area contributed by atoms with E-state index in [1.165, 1.54) is 4.90 Å². The molecule has 1 aromatic rings. The molecule has 1 saturated heterocycles. The number of benzene rings is 1. The Kier molecular flexibility index (Phi) is 6.96. The number of quaternary nitrogens is 1. The second-order valence-corrected chi connectivity index (χ2v) is 9.03. The van der Waals surface area contributed by atoms with Gasteiger partial charge in [-0.3, -0.25) is 19.4 Å². The summed E-state index contributed by atoms with van der Waals surface area (Å²) in [6, 6.07) is 9.85. The highest BCUT2D eigenvalue weighted by atomic mass is 16.2. The molecule has 1 aromatic carbocycles. The van der Waals surface area contributed by atoms with Gasteiger partial charge in [0.15, 0.2) is 0 Å². The first-order valence-corrected chi connectivity index (χ1v) is 10.5. The Morgan fingerprint density at radius 2 is 1.76 bits per heavy atom. The van der Waals surface area contributed by atoms with Gasteiger partial charge in [0.2, 0.25) is 5.91 Å². The quantitative estimate of drug-likeness (QED) is 0.564. The zero-order chi connectivity index (χ0) is 20.9. The fourth-order valence-electron chi connectivity index (χ4n) is 4.18.